The molecular formula is C20H21F2N7. The average molecular weight is 397 g/mol. The summed E-state index contributed by atoms with van der Waals surface area (Å²) in [5.74, 6) is 1.50. The first-order valence-corrected chi connectivity index (χ1v) is 9.72. The lowest BCUT2D eigenvalue weighted by Gasteiger charge is -2.44. The third-order valence-corrected chi connectivity index (χ3v) is 5.75. The molecule has 0 aliphatic carbocycles. The minimum Gasteiger partial charge on any atom is -0.351 e. The van der Waals surface area contributed by atoms with Crippen molar-refractivity contribution in [3.05, 3.63) is 53.9 Å². The Hall–Kier alpha value is -2.94. The molecule has 0 bridgehead atoms. The first kappa shape index (κ1) is 18.1. The van der Waals surface area contributed by atoms with E-state index in [1.165, 1.54) is 30.6 Å². The average Bonchev–Trinajstić information content (AvgIpc) is 3.28. The molecule has 2 aliphatic rings. The van der Waals surface area contributed by atoms with E-state index in [-0.39, 0.29) is 23.4 Å². The van der Waals surface area contributed by atoms with E-state index in [4.69, 9.17) is 0 Å². The van der Waals surface area contributed by atoms with Crippen LogP contribution in [0.2, 0.25) is 0 Å². The highest BCUT2D eigenvalue weighted by molar-refractivity contribution is 5.64. The molecule has 9 heteroatoms. The number of fused-ring (bicyclic) bond motifs is 1. The predicted octanol–water partition coefficient (Wildman–Crippen LogP) is 2.28. The van der Waals surface area contributed by atoms with Gasteiger partial charge in [0.2, 0.25) is 0 Å². The van der Waals surface area contributed by atoms with E-state index in [1.54, 1.807) is 0 Å². The normalized spacial score (nSPS) is 16.3. The molecule has 1 saturated heterocycles. The zero-order valence-corrected chi connectivity index (χ0v) is 16.1. The Morgan fingerprint density at radius 1 is 1.10 bits per heavy atom. The maximum absolute atomic E-state index is 15.0. The smallest absolute Gasteiger partial charge is 0.191 e. The monoisotopic (exact) mass is 397 g/mol. The number of nitrogens with zero attached hydrogens (tertiary/aromatic N) is 7. The van der Waals surface area contributed by atoms with Gasteiger partial charge >= 0.3 is 0 Å². The van der Waals surface area contributed by atoms with E-state index in [0.717, 1.165) is 37.6 Å². The van der Waals surface area contributed by atoms with Crippen molar-refractivity contribution in [2.45, 2.75) is 32.0 Å². The van der Waals surface area contributed by atoms with Crippen LogP contribution in [-0.4, -0.2) is 55.8 Å². The van der Waals surface area contributed by atoms with Crippen LogP contribution in [-0.2, 0) is 19.5 Å². The molecule has 0 spiro atoms. The summed E-state index contributed by atoms with van der Waals surface area (Å²) in [5.41, 5.74) is 0.716. The summed E-state index contributed by atoms with van der Waals surface area (Å²) in [7, 11) is 2.05. The van der Waals surface area contributed by atoms with Crippen LogP contribution in [0.3, 0.4) is 0 Å². The van der Waals surface area contributed by atoms with E-state index in [1.807, 2.05) is 4.90 Å². The van der Waals surface area contributed by atoms with Crippen molar-refractivity contribution < 1.29 is 8.78 Å². The van der Waals surface area contributed by atoms with Gasteiger partial charge in [-0.3, -0.25) is 4.90 Å². The molecule has 4 heterocycles. The van der Waals surface area contributed by atoms with Gasteiger partial charge in [-0.2, -0.15) is 0 Å². The van der Waals surface area contributed by atoms with Crippen molar-refractivity contribution in [2.24, 2.45) is 0 Å². The molecule has 0 unspecified atom stereocenters. The molecule has 0 saturated carbocycles. The molecule has 150 valence electrons. The number of hydrogen-bond donors (Lipinski definition) is 0. The van der Waals surface area contributed by atoms with E-state index >= 15 is 4.39 Å². The van der Waals surface area contributed by atoms with Crippen LogP contribution < -0.4 is 4.90 Å². The fraction of sp³-hybridized carbons (Fsp3) is 0.400. The molecule has 2 aliphatic heterocycles. The zero-order valence-electron chi connectivity index (χ0n) is 16.1. The number of aromatic nitrogens is 5. The maximum atomic E-state index is 15.0. The molecule has 1 aromatic carbocycles. The first-order chi connectivity index (χ1) is 14.1. The summed E-state index contributed by atoms with van der Waals surface area (Å²) in [4.78, 5) is 12.3. The number of rotatable bonds is 5. The van der Waals surface area contributed by atoms with Gasteiger partial charge in [0, 0.05) is 37.7 Å². The lowest BCUT2D eigenvalue weighted by molar-refractivity contribution is 0.189. The number of aryl methyl sites for hydroxylation is 1. The zero-order chi connectivity index (χ0) is 20.0. The van der Waals surface area contributed by atoms with Crippen LogP contribution in [0.1, 0.15) is 18.1 Å². The molecule has 0 amide bonds. The minimum absolute atomic E-state index is 0.186. The standard InChI is InChI=1S/C20H21F2N7/c1-27(11-17-26-25-16-3-2-8-29(16)17)15-9-28(10-15)20-18(22)19(23-12-24-20)13-4-6-14(21)7-5-13/h4-7,12,15H,2-3,8-11H2,1H3. The van der Waals surface area contributed by atoms with Gasteiger partial charge < -0.3 is 9.47 Å². The topological polar surface area (TPSA) is 63.0 Å². The number of likely N-dealkylation sites (N-methyl/N-ethyl adjacent to an activating group) is 1. The van der Waals surface area contributed by atoms with Gasteiger partial charge in [-0.15, -0.1) is 10.2 Å². The summed E-state index contributed by atoms with van der Waals surface area (Å²) >= 11 is 0. The molecule has 0 atom stereocenters. The summed E-state index contributed by atoms with van der Waals surface area (Å²) in [6.07, 6.45) is 3.48. The number of halogens is 2. The Morgan fingerprint density at radius 3 is 2.69 bits per heavy atom. The molecule has 29 heavy (non-hydrogen) atoms. The van der Waals surface area contributed by atoms with Gasteiger partial charge in [-0.1, -0.05) is 0 Å². The van der Waals surface area contributed by atoms with E-state index in [9.17, 15) is 4.39 Å². The van der Waals surface area contributed by atoms with E-state index in [2.05, 4.69) is 36.7 Å². The number of anilines is 1. The van der Waals surface area contributed by atoms with Crippen LogP contribution in [0.5, 0.6) is 0 Å². The number of benzene rings is 1. The third kappa shape index (κ3) is 3.25. The predicted molar refractivity (Wildman–Crippen MR) is 103 cm³/mol. The van der Waals surface area contributed by atoms with E-state index in [0.29, 0.717) is 18.7 Å². The Labute approximate surface area is 167 Å². The SMILES string of the molecule is CN(Cc1nnc2n1CCC2)C1CN(c2ncnc(-c3ccc(F)cc3)c2F)C1. The highest BCUT2D eigenvalue weighted by Gasteiger charge is 2.34. The minimum atomic E-state index is -0.476. The molecule has 3 aromatic rings. The second-order valence-electron chi connectivity index (χ2n) is 7.63. The van der Waals surface area contributed by atoms with Crippen LogP contribution in [0.4, 0.5) is 14.6 Å². The van der Waals surface area contributed by atoms with Crippen LogP contribution >= 0.6 is 0 Å². The Bertz CT molecular complexity index is 1030. The van der Waals surface area contributed by atoms with E-state index < -0.39 is 5.82 Å². The first-order valence-electron chi connectivity index (χ1n) is 9.72. The van der Waals surface area contributed by atoms with Gasteiger partial charge in [0.25, 0.3) is 0 Å². The lowest BCUT2D eigenvalue weighted by atomic mass is 10.1. The van der Waals surface area contributed by atoms with Gasteiger partial charge in [-0.05, 0) is 37.7 Å². The highest BCUT2D eigenvalue weighted by atomic mass is 19.1. The Morgan fingerprint density at radius 2 is 1.90 bits per heavy atom. The second kappa shape index (κ2) is 7.14. The lowest BCUT2D eigenvalue weighted by Crippen LogP contribution is -2.58. The van der Waals surface area contributed by atoms with Gasteiger partial charge in [0.1, 0.15) is 29.5 Å². The summed E-state index contributed by atoms with van der Waals surface area (Å²) in [6, 6.07) is 5.93. The molecular weight excluding hydrogens is 376 g/mol. The van der Waals surface area contributed by atoms with Gasteiger partial charge in [0.15, 0.2) is 11.6 Å². The van der Waals surface area contributed by atoms with Crippen molar-refractivity contribution >= 4 is 5.82 Å². The van der Waals surface area contributed by atoms with Crippen LogP contribution in [0.15, 0.2) is 30.6 Å². The molecule has 2 aromatic heterocycles. The second-order valence-corrected chi connectivity index (χ2v) is 7.63. The summed E-state index contributed by atoms with van der Waals surface area (Å²) in [5, 5.41) is 8.57. The third-order valence-electron chi connectivity index (χ3n) is 5.75. The molecule has 5 rings (SSSR count). The molecule has 0 radical (unpaired) electrons. The maximum Gasteiger partial charge on any atom is 0.191 e. The largest absolute Gasteiger partial charge is 0.351 e. The fourth-order valence-electron chi connectivity index (χ4n) is 3.98. The Balaban J connectivity index is 1.27. The molecule has 7 nitrogen and oxygen atoms in total. The summed E-state index contributed by atoms with van der Waals surface area (Å²) in [6.45, 7) is 3.06. The molecule has 1 fully saturated rings. The molecule has 0 N–H and O–H groups in total. The van der Waals surface area contributed by atoms with Crippen molar-refractivity contribution in [1.29, 1.82) is 0 Å². The Kier molecular flexibility index (Phi) is 4.46. The van der Waals surface area contributed by atoms with Crippen molar-refractivity contribution in [3.63, 3.8) is 0 Å². The van der Waals surface area contributed by atoms with Crippen molar-refractivity contribution in [1.82, 2.24) is 29.6 Å². The van der Waals surface area contributed by atoms with Crippen LogP contribution in [0.25, 0.3) is 11.3 Å². The summed E-state index contributed by atoms with van der Waals surface area (Å²) < 4.78 is 30.4. The van der Waals surface area contributed by atoms with Gasteiger partial charge in [-0.25, -0.2) is 18.7 Å². The highest BCUT2D eigenvalue weighted by Crippen LogP contribution is 2.30. The number of hydrogen-bond acceptors (Lipinski definition) is 6. The van der Waals surface area contributed by atoms with Gasteiger partial charge in [0.05, 0.1) is 6.54 Å². The quantitative estimate of drug-likeness (QED) is 0.658. The fourth-order valence-corrected chi connectivity index (χ4v) is 3.98. The van der Waals surface area contributed by atoms with Crippen molar-refractivity contribution in [3.8, 4) is 11.3 Å². The van der Waals surface area contributed by atoms with Crippen LogP contribution in [0, 0.1) is 11.6 Å². The van der Waals surface area contributed by atoms with Crippen molar-refractivity contribution in [2.75, 3.05) is 25.0 Å².